The van der Waals surface area contributed by atoms with Crippen LogP contribution < -0.4 is 10.1 Å². The van der Waals surface area contributed by atoms with Gasteiger partial charge in [-0.05, 0) is 50.1 Å². The number of hydrogen-bond donors (Lipinski definition) is 0. The van der Waals surface area contributed by atoms with Crippen molar-refractivity contribution in [1.29, 1.82) is 0 Å². The monoisotopic (exact) mass is 729 g/mol. The molecule has 1 amide bonds. The molecular weight excluding hydrogens is 713 g/mol. The van der Waals surface area contributed by atoms with Crippen molar-refractivity contribution < 1.29 is 29.0 Å². The van der Waals surface area contributed by atoms with Crippen LogP contribution in [-0.2, 0) is 19.1 Å². The quantitative estimate of drug-likeness (QED) is 0.127. The van der Waals surface area contributed by atoms with Gasteiger partial charge in [-0.25, -0.2) is 14.3 Å². The normalized spacial score (nSPS) is 14.2. The van der Waals surface area contributed by atoms with Gasteiger partial charge < -0.3 is 14.6 Å². The zero-order chi connectivity index (χ0) is 33.0. The lowest BCUT2D eigenvalue weighted by molar-refractivity contribution is -0.278. The van der Waals surface area contributed by atoms with E-state index in [9.17, 15) is 19.5 Å². The fraction of sp³-hybridized carbons (Fsp3) is 0.138. The molecule has 0 saturated carbocycles. The Hall–Kier alpha value is -3.51. The van der Waals surface area contributed by atoms with E-state index in [1.54, 1.807) is 13.8 Å². The third-order valence-electron chi connectivity index (χ3n) is 5.83. The smallest absolute Gasteiger partial charge is 0.359 e. The molecule has 3 aromatic rings. The fourth-order valence-electron chi connectivity index (χ4n) is 3.97. The Morgan fingerprint density at radius 2 is 1.36 bits per heavy atom. The third-order valence-corrected chi connectivity index (χ3v) is 7.42. The lowest BCUT2D eigenvalue weighted by atomic mass is 10.1. The number of carbonyl (C=O) groups excluding carboxylic acids is 3. The van der Waals surface area contributed by atoms with Crippen molar-refractivity contribution in [3.05, 3.63) is 95.5 Å². The Labute approximate surface area is 286 Å². The van der Waals surface area contributed by atoms with Crippen molar-refractivity contribution >= 4 is 105 Å². The highest BCUT2D eigenvalue weighted by atomic mass is 35.5. The molecule has 0 bridgehead atoms. The minimum absolute atomic E-state index is 0.0224. The number of benzene rings is 2. The predicted molar refractivity (Wildman–Crippen MR) is 173 cm³/mol. The molecular formula is C29H19Cl6N4O6-. The zero-order valence-electron chi connectivity index (χ0n) is 23.1. The van der Waals surface area contributed by atoms with Gasteiger partial charge in [-0.15, -0.1) is 0 Å². The van der Waals surface area contributed by atoms with E-state index in [-0.39, 0.29) is 77.3 Å². The number of ether oxygens (including phenoxy) is 2. The van der Waals surface area contributed by atoms with Gasteiger partial charge in [0, 0.05) is 15.6 Å². The largest absolute Gasteiger partial charge is 0.858 e. The minimum atomic E-state index is -0.855. The van der Waals surface area contributed by atoms with E-state index in [0.29, 0.717) is 0 Å². The number of halogens is 6. The number of hydrazone groups is 1. The second kappa shape index (κ2) is 14.7. The number of nitrogens with zero attached hydrogens (tertiary/aromatic N) is 4. The Kier molecular flexibility index (Phi) is 11.2. The summed E-state index contributed by atoms with van der Waals surface area (Å²) in [5, 5.41) is 23.0. The van der Waals surface area contributed by atoms with Crippen LogP contribution in [0.4, 0.5) is 5.69 Å². The van der Waals surface area contributed by atoms with E-state index in [2.05, 4.69) is 10.2 Å². The first-order valence-electron chi connectivity index (χ1n) is 12.8. The van der Waals surface area contributed by atoms with E-state index >= 15 is 0 Å². The zero-order valence-corrected chi connectivity index (χ0v) is 27.7. The van der Waals surface area contributed by atoms with Gasteiger partial charge in [0.1, 0.15) is 11.4 Å². The molecule has 0 spiro atoms. The average Bonchev–Trinajstić information content (AvgIpc) is 3.44. The van der Waals surface area contributed by atoms with Crippen molar-refractivity contribution in [3.8, 4) is 11.6 Å². The van der Waals surface area contributed by atoms with Crippen LogP contribution in [0.1, 0.15) is 29.9 Å². The van der Waals surface area contributed by atoms with Gasteiger partial charge >= 0.3 is 11.9 Å². The van der Waals surface area contributed by atoms with Gasteiger partial charge in [-0.3, -0.25) is 4.79 Å². The van der Waals surface area contributed by atoms with Crippen molar-refractivity contribution in [2.75, 3.05) is 18.2 Å². The van der Waals surface area contributed by atoms with Crippen molar-refractivity contribution in [2.24, 2.45) is 5.10 Å². The Morgan fingerprint density at radius 3 is 1.91 bits per heavy atom. The highest BCUT2D eigenvalue weighted by Gasteiger charge is 2.37. The van der Waals surface area contributed by atoms with E-state index in [0.717, 1.165) is 9.69 Å². The summed E-state index contributed by atoms with van der Waals surface area (Å²) in [7, 11) is 0. The summed E-state index contributed by atoms with van der Waals surface area (Å²) in [5.41, 5.74) is -0.791. The van der Waals surface area contributed by atoms with Crippen LogP contribution in [0.15, 0.2) is 59.2 Å². The third kappa shape index (κ3) is 7.33. The number of rotatable bonds is 9. The molecule has 45 heavy (non-hydrogen) atoms. The number of anilines is 1. The van der Waals surface area contributed by atoms with E-state index in [4.69, 9.17) is 79.1 Å². The van der Waals surface area contributed by atoms with Crippen LogP contribution in [0.5, 0.6) is 5.88 Å². The number of hydrogen-bond acceptors (Lipinski definition) is 8. The summed E-state index contributed by atoms with van der Waals surface area (Å²) in [4.78, 5) is 38.6. The van der Waals surface area contributed by atoms with Crippen LogP contribution in [0.25, 0.3) is 11.8 Å². The van der Waals surface area contributed by atoms with Crippen molar-refractivity contribution in [1.82, 2.24) is 9.78 Å². The molecule has 2 aromatic carbocycles. The molecule has 0 unspecified atom stereocenters. The van der Waals surface area contributed by atoms with E-state index in [1.807, 2.05) is 0 Å². The molecule has 1 aromatic heterocycles. The summed E-state index contributed by atoms with van der Waals surface area (Å²) < 4.78 is 11.0. The number of aromatic nitrogens is 2. The molecule has 0 fully saturated rings. The highest BCUT2D eigenvalue weighted by Crippen LogP contribution is 2.39. The molecule has 1 aliphatic rings. The first-order chi connectivity index (χ1) is 21.4. The standard InChI is InChI=1S/C29H20Cl6N4O6/c1-3-44-28(42)22-16(26(40)38(36-22)24-18(32)10-14(30)11-19(24)33)8-6-5-7-9-17-23(29(43)45-4-2)37-39(27(17)41)25-20(34)12-15(31)13-21(25)35/h5-13,40H,3-4H2,1-2H3/p-1/b7-5+,8-6+,17-9-. The summed E-state index contributed by atoms with van der Waals surface area (Å²) in [5.74, 6) is -3.15. The maximum atomic E-state index is 13.3. The van der Waals surface area contributed by atoms with E-state index in [1.165, 1.54) is 54.6 Å². The lowest BCUT2D eigenvalue weighted by Crippen LogP contribution is -2.23. The van der Waals surface area contributed by atoms with Crippen molar-refractivity contribution in [3.63, 3.8) is 0 Å². The van der Waals surface area contributed by atoms with Crippen LogP contribution in [0.3, 0.4) is 0 Å². The fourth-order valence-corrected chi connectivity index (χ4v) is 5.93. The second-order valence-electron chi connectivity index (χ2n) is 8.75. The molecule has 10 nitrogen and oxygen atoms in total. The van der Waals surface area contributed by atoms with Crippen LogP contribution in [0.2, 0.25) is 30.1 Å². The van der Waals surface area contributed by atoms with E-state index < -0.39 is 23.7 Å². The Bertz CT molecular complexity index is 1790. The number of carbonyl (C=O) groups is 3. The molecule has 0 saturated heterocycles. The number of allylic oxidation sites excluding steroid dienone is 4. The molecule has 0 N–H and O–H groups in total. The van der Waals surface area contributed by atoms with Crippen LogP contribution >= 0.6 is 69.6 Å². The SMILES string of the molecule is CCOC(=O)C1=NN(c2c(Cl)cc(Cl)cc2Cl)C(=O)\C1=C/C=C/C=C/c1c(C(=O)OCC)nn(-c2c(Cl)cc(Cl)cc2Cl)c1[O-]. The maximum Gasteiger partial charge on any atom is 0.359 e. The summed E-state index contributed by atoms with van der Waals surface area (Å²) in [6.45, 7) is 3.25. The number of esters is 2. The average molecular weight is 732 g/mol. The summed E-state index contributed by atoms with van der Waals surface area (Å²) in [6, 6.07) is 5.48. The first-order valence-corrected chi connectivity index (χ1v) is 15.1. The lowest BCUT2D eigenvalue weighted by Gasteiger charge is -2.15. The van der Waals surface area contributed by atoms with Crippen LogP contribution in [-0.4, -0.2) is 46.6 Å². The van der Waals surface area contributed by atoms with Crippen molar-refractivity contribution in [2.45, 2.75) is 13.8 Å². The Balaban J connectivity index is 1.70. The molecule has 0 aliphatic carbocycles. The minimum Gasteiger partial charge on any atom is -0.858 e. The highest BCUT2D eigenvalue weighted by molar-refractivity contribution is 6.54. The van der Waals surface area contributed by atoms with Gasteiger partial charge in [0.25, 0.3) is 5.91 Å². The molecule has 2 heterocycles. The molecule has 16 heteroatoms. The van der Waals surface area contributed by atoms with Gasteiger partial charge in [0.2, 0.25) is 0 Å². The Morgan fingerprint density at radius 1 is 0.822 bits per heavy atom. The maximum absolute atomic E-state index is 13.3. The number of amides is 1. The first kappa shape index (κ1) is 34.4. The van der Waals surface area contributed by atoms with Crippen LogP contribution in [0, 0.1) is 0 Å². The summed E-state index contributed by atoms with van der Waals surface area (Å²) >= 11 is 37.1. The second-order valence-corrected chi connectivity index (χ2v) is 11.2. The molecule has 4 rings (SSSR count). The predicted octanol–water partition coefficient (Wildman–Crippen LogP) is 7.50. The summed E-state index contributed by atoms with van der Waals surface area (Å²) in [6.07, 6.45) is 6.85. The van der Waals surface area contributed by atoms with Gasteiger partial charge in [0.05, 0.1) is 38.9 Å². The van der Waals surface area contributed by atoms with Gasteiger partial charge in [-0.1, -0.05) is 93.9 Å². The van der Waals surface area contributed by atoms with Gasteiger partial charge in [-0.2, -0.15) is 15.2 Å². The topological polar surface area (TPSA) is 126 Å². The molecule has 234 valence electrons. The molecule has 0 atom stereocenters. The molecule has 0 radical (unpaired) electrons. The van der Waals surface area contributed by atoms with Gasteiger partial charge in [0.15, 0.2) is 11.4 Å². The molecule has 1 aliphatic heterocycles.